The van der Waals surface area contributed by atoms with E-state index in [-0.39, 0.29) is 0 Å². The molecule has 0 aromatic heterocycles. The molecule has 0 fully saturated rings. The predicted molar refractivity (Wildman–Crippen MR) is 89.2 cm³/mol. The number of unbranched alkanes of at least 4 members (excludes halogenated alkanes) is 6. The Morgan fingerprint density at radius 2 is 1.43 bits per heavy atom. The Bertz CT molecular complexity index is 374. The first-order valence-electron chi connectivity index (χ1n) is 8.46. The van der Waals surface area contributed by atoms with Crippen LogP contribution in [0.15, 0.2) is 0 Å². The maximum Gasteiger partial charge on any atom is 0.325 e. The van der Waals surface area contributed by atoms with Crippen LogP contribution in [-0.2, 0) is 9.59 Å². The molecule has 0 unspecified atom stereocenters. The second-order valence-electron chi connectivity index (χ2n) is 5.81. The van der Waals surface area contributed by atoms with Gasteiger partial charge in [-0.3, -0.25) is 9.59 Å². The molecule has 0 aromatic rings. The molecular formula is C16H31N3O4. The molecule has 0 rings (SSSR count). The van der Waals surface area contributed by atoms with Gasteiger partial charge < -0.3 is 21.1 Å². The Morgan fingerprint density at radius 1 is 0.870 bits per heavy atom. The van der Waals surface area contributed by atoms with E-state index in [0.29, 0.717) is 6.54 Å². The van der Waals surface area contributed by atoms with Gasteiger partial charge in [-0.1, -0.05) is 45.4 Å². The number of carboxylic acid groups (broad SMARTS) is 1. The molecule has 7 nitrogen and oxygen atoms in total. The summed E-state index contributed by atoms with van der Waals surface area (Å²) in [6, 6.07) is -2.19. The summed E-state index contributed by atoms with van der Waals surface area (Å²) in [6.07, 6.45) is 8.19. The quantitative estimate of drug-likeness (QED) is 0.411. The zero-order chi connectivity index (χ0) is 17.7. The first kappa shape index (κ1) is 21.2. The largest absolute Gasteiger partial charge is 0.480 e. The molecule has 134 valence electrons. The van der Waals surface area contributed by atoms with E-state index >= 15 is 0 Å². The van der Waals surface area contributed by atoms with Crippen LogP contribution in [0.3, 0.4) is 0 Å². The Hall–Kier alpha value is -1.79. The van der Waals surface area contributed by atoms with E-state index in [1.807, 2.05) is 0 Å². The van der Waals surface area contributed by atoms with Crippen LogP contribution in [0.25, 0.3) is 0 Å². The number of carboxylic acids is 1. The van der Waals surface area contributed by atoms with Crippen LogP contribution < -0.4 is 16.0 Å². The maximum absolute atomic E-state index is 11.7. The van der Waals surface area contributed by atoms with Gasteiger partial charge in [0, 0.05) is 6.54 Å². The number of rotatable bonds is 12. The lowest BCUT2D eigenvalue weighted by atomic mass is 10.1. The van der Waals surface area contributed by atoms with Crippen molar-refractivity contribution in [2.24, 2.45) is 0 Å². The van der Waals surface area contributed by atoms with Gasteiger partial charge in [-0.2, -0.15) is 0 Å². The zero-order valence-electron chi connectivity index (χ0n) is 14.5. The van der Waals surface area contributed by atoms with E-state index < -0.39 is 30.0 Å². The fourth-order valence-electron chi connectivity index (χ4n) is 2.00. The Balaban J connectivity index is 3.72. The summed E-state index contributed by atoms with van der Waals surface area (Å²) in [5, 5.41) is 16.2. The molecule has 0 heterocycles. The molecular weight excluding hydrogens is 298 g/mol. The highest BCUT2D eigenvalue weighted by atomic mass is 16.4. The van der Waals surface area contributed by atoms with Crippen LogP contribution in [-0.4, -0.2) is 41.6 Å². The fourth-order valence-corrected chi connectivity index (χ4v) is 2.00. The lowest BCUT2D eigenvalue weighted by Crippen LogP contribution is -2.51. The molecule has 0 aliphatic heterocycles. The molecule has 7 heteroatoms. The second kappa shape index (κ2) is 12.7. The topological polar surface area (TPSA) is 108 Å². The zero-order valence-corrected chi connectivity index (χ0v) is 14.5. The maximum atomic E-state index is 11.7. The number of nitrogens with one attached hydrogen (secondary N) is 3. The number of urea groups is 1. The lowest BCUT2D eigenvalue weighted by molar-refractivity contribution is -0.141. The van der Waals surface area contributed by atoms with E-state index in [2.05, 4.69) is 22.9 Å². The summed E-state index contributed by atoms with van der Waals surface area (Å²) in [7, 11) is 0. The molecule has 3 amide bonds. The lowest BCUT2D eigenvalue weighted by Gasteiger charge is -2.16. The van der Waals surface area contributed by atoms with Gasteiger partial charge >= 0.3 is 12.0 Å². The van der Waals surface area contributed by atoms with E-state index in [1.54, 1.807) is 0 Å². The first-order valence-corrected chi connectivity index (χ1v) is 8.46. The predicted octanol–water partition coefficient (Wildman–Crippen LogP) is 2.01. The highest BCUT2D eigenvalue weighted by Crippen LogP contribution is 2.06. The van der Waals surface area contributed by atoms with E-state index in [4.69, 9.17) is 5.11 Å². The van der Waals surface area contributed by atoms with Crippen molar-refractivity contribution in [3.63, 3.8) is 0 Å². The molecule has 0 aromatic carbocycles. The molecule has 0 aliphatic rings. The van der Waals surface area contributed by atoms with Crippen LogP contribution in [0.1, 0.15) is 65.7 Å². The summed E-state index contributed by atoms with van der Waals surface area (Å²) >= 11 is 0. The van der Waals surface area contributed by atoms with Gasteiger partial charge in [0.1, 0.15) is 12.1 Å². The highest BCUT2D eigenvalue weighted by Gasteiger charge is 2.20. The van der Waals surface area contributed by atoms with Gasteiger partial charge in [-0.25, -0.2) is 4.79 Å². The van der Waals surface area contributed by atoms with Crippen molar-refractivity contribution in [1.29, 1.82) is 0 Å². The van der Waals surface area contributed by atoms with Gasteiger partial charge in [0.15, 0.2) is 0 Å². The summed E-state index contributed by atoms with van der Waals surface area (Å²) < 4.78 is 0. The van der Waals surface area contributed by atoms with Gasteiger partial charge in [0.05, 0.1) is 0 Å². The number of hydrogen-bond donors (Lipinski definition) is 4. The number of amides is 3. The van der Waals surface area contributed by atoms with Crippen molar-refractivity contribution >= 4 is 17.9 Å². The standard InChI is InChI=1S/C16H31N3O4/c1-4-5-6-7-8-9-10-11-17-16(23)19-12(2)14(20)18-13(3)15(21)22/h12-13H,4-11H2,1-3H3,(H,18,20)(H,21,22)(H2,17,19,23)/t12-,13-/m0/s1. The third kappa shape index (κ3) is 11.4. The third-order valence-electron chi connectivity index (χ3n) is 3.54. The molecule has 0 aliphatic carbocycles. The van der Waals surface area contributed by atoms with Crippen LogP contribution in [0.2, 0.25) is 0 Å². The van der Waals surface area contributed by atoms with Gasteiger partial charge in [0.2, 0.25) is 5.91 Å². The first-order chi connectivity index (χ1) is 10.9. The van der Waals surface area contributed by atoms with Crippen molar-refractivity contribution in [3.8, 4) is 0 Å². The SMILES string of the molecule is CCCCCCCCCNC(=O)N[C@@H](C)C(=O)N[C@@H](C)C(=O)O. The monoisotopic (exact) mass is 329 g/mol. The van der Waals surface area contributed by atoms with Gasteiger partial charge in [-0.05, 0) is 20.3 Å². The van der Waals surface area contributed by atoms with E-state index in [9.17, 15) is 14.4 Å². The number of carbonyl (C=O) groups excluding carboxylic acids is 2. The Morgan fingerprint density at radius 3 is 2.00 bits per heavy atom. The molecule has 23 heavy (non-hydrogen) atoms. The van der Waals surface area contributed by atoms with Crippen molar-refractivity contribution in [2.45, 2.75) is 77.8 Å². The summed E-state index contributed by atoms with van der Waals surface area (Å²) in [5.41, 5.74) is 0. The van der Waals surface area contributed by atoms with Crippen LogP contribution >= 0.6 is 0 Å². The van der Waals surface area contributed by atoms with Crippen LogP contribution in [0.4, 0.5) is 4.79 Å². The Labute approximate surface area is 138 Å². The molecule has 0 saturated heterocycles. The average Bonchev–Trinajstić information content (AvgIpc) is 2.49. The third-order valence-corrected chi connectivity index (χ3v) is 3.54. The average molecular weight is 329 g/mol. The minimum absolute atomic E-state index is 0.415. The summed E-state index contributed by atoms with van der Waals surface area (Å²) in [4.78, 5) is 34.0. The van der Waals surface area contributed by atoms with Crippen molar-refractivity contribution < 1.29 is 19.5 Å². The molecule has 2 atom stereocenters. The van der Waals surface area contributed by atoms with Crippen LogP contribution in [0.5, 0.6) is 0 Å². The van der Waals surface area contributed by atoms with E-state index in [0.717, 1.165) is 12.8 Å². The van der Waals surface area contributed by atoms with Gasteiger partial charge in [0.25, 0.3) is 0 Å². The van der Waals surface area contributed by atoms with E-state index in [1.165, 1.54) is 46.0 Å². The Kier molecular flexibility index (Phi) is 11.7. The minimum Gasteiger partial charge on any atom is -0.480 e. The normalized spacial score (nSPS) is 13.0. The van der Waals surface area contributed by atoms with Gasteiger partial charge in [-0.15, -0.1) is 0 Å². The summed E-state index contributed by atoms with van der Waals surface area (Å²) in [6.45, 7) is 5.64. The van der Waals surface area contributed by atoms with Crippen molar-refractivity contribution in [1.82, 2.24) is 16.0 Å². The molecule has 0 bridgehead atoms. The molecule has 4 N–H and O–H groups in total. The van der Waals surface area contributed by atoms with Crippen molar-refractivity contribution in [3.05, 3.63) is 0 Å². The minimum atomic E-state index is -1.12. The summed E-state index contributed by atoms with van der Waals surface area (Å²) in [5.74, 6) is -1.64. The second-order valence-corrected chi connectivity index (χ2v) is 5.81. The van der Waals surface area contributed by atoms with Crippen molar-refractivity contribution in [2.75, 3.05) is 6.54 Å². The number of aliphatic carboxylic acids is 1. The molecule has 0 spiro atoms. The number of carbonyl (C=O) groups is 3. The molecule has 0 radical (unpaired) electrons. The highest BCUT2D eigenvalue weighted by molar-refractivity contribution is 5.89. The van der Waals surface area contributed by atoms with Crippen LogP contribution in [0, 0.1) is 0 Å². The number of hydrogen-bond acceptors (Lipinski definition) is 3. The smallest absolute Gasteiger partial charge is 0.325 e. The molecule has 0 saturated carbocycles. The fraction of sp³-hybridized carbons (Fsp3) is 0.812.